The summed E-state index contributed by atoms with van der Waals surface area (Å²) in [6, 6.07) is 16.4. The molecule has 8 nitrogen and oxygen atoms in total. The molecule has 8 heteroatoms. The number of hydrogen-bond donors (Lipinski definition) is 2. The number of hydrogen-bond acceptors (Lipinski definition) is 5. The first kappa shape index (κ1) is 23.1. The fraction of sp³-hybridized carbons (Fsp3) is 0.375. The van der Waals surface area contributed by atoms with E-state index in [-0.39, 0.29) is 6.04 Å². The van der Waals surface area contributed by atoms with Gasteiger partial charge in [-0.3, -0.25) is 0 Å². The molecule has 0 aliphatic carbocycles. The lowest BCUT2D eigenvalue weighted by molar-refractivity contribution is 0.354. The van der Waals surface area contributed by atoms with E-state index in [1.54, 1.807) is 14.2 Å². The van der Waals surface area contributed by atoms with Crippen molar-refractivity contribution in [3.63, 3.8) is 0 Å². The van der Waals surface area contributed by atoms with Gasteiger partial charge in [0.1, 0.15) is 12.4 Å². The van der Waals surface area contributed by atoms with Crippen molar-refractivity contribution in [2.24, 2.45) is 12.0 Å². The molecule has 0 bridgehead atoms. The number of guanidine groups is 1. The SMILES string of the molecule is COc1ccc(CCNC(=NCc2nnc(C)n2C)NC(C)c2ccccc2)cc1OC. The minimum atomic E-state index is 0.102. The highest BCUT2D eigenvalue weighted by atomic mass is 16.5. The van der Waals surface area contributed by atoms with Crippen LogP contribution in [0.1, 0.15) is 35.7 Å². The fourth-order valence-corrected chi connectivity index (χ4v) is 3.28. The molecule has 0 radical (unpaired) electrons. The minimum Gasteiger partial charge on any atom is -0.493 e. The zero-order chi connectivity index (χ0) is 22.9. The Morgan fingerprint density at radius 1 is 1.06 bits per heavy atom. The van der Waals surface area contributed by atoms with Crippen LogP contribution >= 0.6 is 0 Å². The molecule has 32 heavy (non-hydrogen) atoms. The van der Waals surface area contributed by atoms with Gasteiger partial charge in [0.05, 0.1) is 20.3 Å². The van der Waals surface area contributed by atoms with Gasteiger partial charge in [0, 0.05) is 13.6 Å². The number of benzene rings is 2. The maximum atomic E-state index is 5.41. The van der Waals surface area contributed by atoms with Crippen LogP contribution in [-0.2, 0) is 20.0 Å². The summed E-state index contributed by atoms with van der Waals surface area (Å²) in [4.78, 5) is 4.75. The van der Waals surface area contributed by atoms with E-state index in [2.05, 4.69) is 39.9 Å². The number of ether oxygens (including phenoxy) is 2. The highest BCUT2D eigenvalue weighted by Gasteiger charge is 2.10. The molecule has 2 N–H and O–H groups in total. The monoisotopic (exact) mass is 436 g/mol. The number of rotatable bonds is 9. The second-order valence-corrected chi connectivity index (χ2v) is 7.53. The maximum Gasteiger partial charge on any atom is 0.192 e. The molecule has 3 rings (SSSR count). The number of nitrogens with zero attached hydrogens (tertiary/aromatic N) is 4. The van der Waals surface area contributed by atoms with E-state index in [4.69, 9.17) is 14.5 Å². The molecule has 170 valence electrons. The lowest BCUT2D eigenvalue weighted by Gasteiger charge is -2.19. The smallest absolute Gasteiger partial charge is 0.192 e. The van der Waals surface area contributed by atoms with Crippen LogP contribution in [0.15, 0.2) is 53.5 Å². The Morgan fingerprint density at radius 3 is 2.47 bits per heavy atom. The molecule has 3 aromatic rings. The average Bonchev–Trinajstić information content (AvgIpc) is 3.15. The summed E-state index contributed by atoms with van der Waals surface area (Å²) in [5, 5.41) is 15.3. The van der Waals surface area contributed by atoms with Crippen molar-refractivity contribution >= 4 is 5.96 Å². The van der Waals surface area contributed by atoms with Crippen LogP contribution in [-0.4, -0.2) is 41.5 Å². The molecular weight excluding hydrogens is 404 g/mol. The molecule has 2 aromatic carbocycles. The number of aryl methyl sites for hydroxylation is 1. The molecule has 0 aliphatic heterocycles. The second kappa shape index (κ2) is 11.2. The molecule has 0 spiro atoms. The fourth-order valence-electron chi connectivity index (χ4n) is 3.28. The van der Waals surface area contributed by atoms with Gasteiger partial charge >= 0.3 is 0 Å². The third-order valence-electron chi connectivity index (χ3n) is 5.37. The first-order valence-corrected chi connectivity index (χ1v) is 10.7. The van der Waals surface area contributed by atoms with Gasteiger partial charge in [0.25, 0.3) is 0 Å². The van der Waals surface area contributed by atoms with Crippen LogP contribution in [0, 0.1) is 6.92 Å². The van der Waals surface area contributed by atoms with E-state index < -0.39 is 0 Å². The highest BCUT2D eigenvalue weighted by molar-refractivity contribution is 5.80. The Hall–Kier alpha value is -3.55. The number of nitrogens with one attached hydrogen (secondary N) is 2. The van der Waals surface area contributed by atoms with E-state index in [1.165, 1.54) is 5.56 Å². The Balaban J connectivity index is 1.68. The molecule has 0 saturated carbocycles. The Kier molecular flexibility index (Phi) is 8.08. The topological polar surface area (TPSA) is 85.6 Å². The molecule has 0 fully saturated rings. The molecule has 1 aromatic heterocycles. The normalized spacial score (nSPS) is 12.3. The van der Waals surface area contributed by atoms with Gasteiger partial charge < -0.3 is 24.7 Å². The number of aromatic nitrogens is 3. The Morgan fingerprint density at radius 2 is 1.81 bits per heavy atom. The van der Waals surface area contributed by atoms with Gasteiger partial charge in [-0.15, -0.1) is 10.2 Å². The summed E-state index contributed by atoms with van der Waals surface area (Å²) in [7, 11) is 5.23. The van der Waals surface area contributed by atoms with Crippen molar-refractivity contribution in [2.75, 3.05) is 20.8 Å². The summed E-state index contributed by atoms with van der Waals surface area (Å²) in [5.41, 5.74) is 2.34. The second-order valence-electron chi connectivity index (χ2n) is 7.53. The highest BCUT2D eigenvalue weighted by Crippen LogP contribution is 2.27. The lowest BCUT2D eigenvalue weighted by atomic mass is 10.1. The summed E-state index contributed by atoms with van der Waals surface area (Å²) < 4.78 is 12.7. The van der Waals surface area contributed by atoms with Gasteiger partial charge in [-0.25, -0.2) is 4.99 Å². The summed E-state index contributed by atoms with van der Waals surface area (Å²) >= 11 is 0. The average molecular weight is 437 g/mol. The molecular formula is C24H32N6O2. The van der Waals surface area contributed by atoms with E-state index in [0.29, 0.717) is 13.1 Å². The Bertz CT molecular complexity index is 1030. The first-order chi connectivity index (χ1) is 15.5. The van der Waals surface area contributed by atoms with Crippen molar-refractivity contribution in [1.82, 2.24) is 25.4 Å². The largest absolute Gasteiger partial charge is 0.493 e. The van der Waals surface area contributed by atoms with Crippen molar-refractivity contribution in [2.45, 2.75) is 32.9 Å². The lowest BCUT2D eigenvalue weighted by Crippen LogP contribution is -2.39. The van der Waals surface area contributed by atoms with Gasteiger partial charge in [0.15, 0.2) is 23.3 Å². The molecule has 1 unspecified atom stereocenters. The number of aliphatic imine (C=N–C) groups is 1. The van der Waals surface area contributed by atoms with E-state index in [0.717, 1.165) is 41.1 Å². The van der Waals surface area contributed by atoms with Gasteiger partial charge in [0.2, 0.25) is 0 Å². The molecule has 0 aliphatic rings. The third-order valence-corrected chi connectivity index (χ3v) is 5.37. The zero-order valence-electron chi connectivity index (χ0n) is 19.4. The molecule has 1 heterocycles. The molecule has 1 atom stereocenters. The molecule has 0 saturated heterocycles. The maximum absolute atomic E-state index is 5.41. The van der Waals surface area contributed by atoms with Crippen LogP contribution in [0.25, 0.3) is 0 Å². The van der Waals surface area contributed by atoms with Crippen molar-refractivity contribution in [3.8, 4) is 11.5 Å². The summed E-state index contributed by atoms with van der Waals surface area (Å²) in [6.07, 6.45) is 0.809. The molecule has 0 amide bonds. The first-order valence-electron chi connectivity index (χ1n) is 10.7. The van der Waals surface area contributed by atoms with Crippen LogP contribution in [0.3, 0.4) is 0 Å². The van der Waals surface area contributed by atoms with E-state index in [1.807, 2.05) is 54.9 Å². The van der Waals surface area contributed by atoms with Crippen molar-refractivity contribution < 1.29 is 9.47 Å². The van der Waals surface area contributed by atoms with Crippen molar-refractivity contribution in [1.29, 1.82) is 0 Å². The Labute approximate surface area is 189 Å². The summed E-state index contributed by atoms with van der Waals surface area (Å²) in [5.74, 6) is 3.86. The minimum absolute atomic E-state index is 0.102. The van der Waals surface area contributed by atoms with E-state index >= 15 is 0 Å². The van der Waals surface area contributed by atoms with Gasteiger partial charge in [-0.05, 0) is 43.5 Å². The van der Waals surface area contributed by atoms with Gasteiger partial charge in [-0.1, -0.05) is 36.4 Å². The van der Waals surface area contributed by atoms with Crippen LogP contribution < -0.4 is 20.1 Å². The van der Waals surface area contributed by atoms with Crippen LogP contribution in [0.4, 0.5) is 0 Å². The quantitative estimate of drug-likeness (QED) is 0.396. The van der Waals surface area contributed by atoms with Gasteiger partial charge in [-0.2, -0.15) is 0 Å². The summed E-state index contributed by atoms with van der Waals surface area (Å²) in [6.45, 7) is 5.19. The van der Waals surface area contributed by atoms with Crippen LogP contribution in [0.2, 0.25) is 0 Å². The predicted molar refractivity (Wildman–Crippen MR) is 126 cm³/mol. The van der Waals surface area contributed by atoms with Crippen LogP contribution in [0.5, 0.6) is 11.5 Å². The van der Waals surface area contributed by atoms with Crippen molar-refractivity contribution in [3.05, 3.63) is 71.3 Å². The number of methoxy groups -OCH3 is 2. The van der Waals surface area contributed by atoms with E-state index in [9.17, 15) is 0 Å². The standard InChI is InChI=1S/C24H32N6O2/c1-17(20-9-7-6-8-10-20)27-24(26-16-23-29-28-18(2)30(23)3)25-14-13-19-11-12-21(31-4)22(15-19)32-5/h6-12,15,17H,13-14,16H2,1-5H3,(H2,25,26,27). The predicted octanol–water partition coefficient (Wildman–Crippen LogP) is 3.18. The zero-order valence-corrected chi connectivity index (χ0v) is 19.4. The third kappa shape index (κ3) is 6.00.